The van der Waals surface area contributed by atoms with E-state index in [2.05, 4.69) is 15.0 Å². The Labute approximate surface area is 199 Å². The third kappa shape index (κ3) is 6.38. The van der Waals surface area contributed by atoms with Gasteiger partial charge in [-0.3, -0.25) is 4.79 Å². The Hall–Kier alpha value is -4.33. The summed E-state index contributed by atoms with van der Waals surface area (Å²) in [5.74, 6) is -0.0678. The fraction of sp³-hybridized carbons (Fsp3) is 0.111. The van der Waals surface area contributed by atoms with Gasteiger partial charge in [0.05, 0.1) is 11.2 Å². The Balaban J connectivity index is 1.48. The van der Waals surface area contributed by atoms with Gasteiger partial charge in [0.25, 0.3) is 5.91 Å². The van der Waals surface area contributed by atoms with Crippen molar-refractivity contribution >= 4 is 28.5 Å². The second-order valence-corrected chi connectivity index (χ2v) is 7.56. The zero-order valence-corrected chi connectivity index (χ0v) is 18.7. The van der Waals surface area contributed by atoms with Gasteiger partial charge in [-0.05, 0) is 53.6 Å². The maximum Gasteiger partial charge on any atom is 0.573 e. The van der Waals surface area contributed by atoms with Crippen LogP contribution in [0.25, 0.3) is 22.6 Å². The Morgan fingerprint density at radius 3 is 2.29 bits per heavy atom. The standard InChI is InChI=1S/C27H21F3N2O3/c1-31-26(33)24(16-18-6-12-23(13-7-18)35-27(28,29)30)19-9-14-22(15-10-19)34-17-21-11-8-20-4-2-3-5-25(20)32-21/h2-16H,17H2,1H3,(H,31,33)/b24-16+. The predicted molar refractivity (Wildman–Crippen MR) is 128 cm³/mol. The highest BCUT2D eigenvalue weighted by molar-refractivity contribution is 6.24. The van der Waals surface area contributed by atoms with Crippen LogP contribution in [0.2, 0.25) is 0 Å². The van der Waals surface area contributed by atoms with Gasteiger partial charge < -0.3 is 14.8 Å². The number of nitrogens with one attached hydrogen (secondary N) is 1. The molecule has 0 aliphatic rings. The molecule has 0 saturated heterocycles. The molecule has 1 aromatic heterocycles. The van der Waals surface area contributed by atoms with Crippen LogP contribution in [-0.2, 0) is 11.4 Å². The molecule has 0 bridgehead atoms. The third-order valence-corrected chi connectivity index (χ3v) is 5.10. The van der Waals surface area contributed by atoms with Crippen molar-refractivity contribution in [2.75, 3.05) is 7.05 Å². The van der Waals surface area contributed by atoms with E-state index in [1.54, 1.807) is 30.3 Å². The molecule has 8 heteroatoms. The number of aromatic nitrogens is 1. The van der Waals surface area contributed by atoms with Crippen molar-refractivity contribution in [2.24, 2.45) is 0 Å². The van der Waals surface area contributed by atoms with Gasteiger partial charge in [0.2, 0.25) is 0 Å². The van der Waals surface area contributed by atoms with Gasteiger partial charge in [0.15, 0.2) is 0 Å². The first-order valence-corrected chi connectivity index (χ1v) is 10.7. The molecule has 0 aliphatic carbocycles. The number of hydrogen-bond donors (Lipinski definition) is 1. The number of carbonyl (C=O) groups excluding carboxylic acids is 1. The van der Waals surface area contributed by atoms with Crippen LogP contribution in [0.4, 0.5) is 13.2 Å². The van der Waals surface area contributed by atoms with Gasteiger partial charge in [0, 0.05) is 18.0 Å². The molecular weight excluding hydrogens is 457 g/mol. The average Bonchev–Trinajstić information content (AvgIpc) is 2.86. The molecule has 1 amide bonds. The first-order valence-electron chi connectivity index (χ1n) is 10.7. The van der Waals surface area contributed by atoms with Crippen LogP contribution in [0.15, 0.2) is 84.9 Å². The highest BCUT2D eigenvalue weighted by Crippen LogP contribution is 2.26. The first-order chi connectivity index (χ1) is 16.8. The smallest absolute Gasteiger partial charge is 0.487 e. The molecule has 4 rings (SSSR count). The van der Waals surface area contributed by atoms with Crippen molar-refractivity contribution in [3.63, 3.8) is 0 Å². The van der Waals surface area contributed by atoms with E-state index in [4.69, 9.17) is 4.74 Å². The van der Waals surface area contributed by atoms with Crippen LogP contribution >= 0.6 is 0 Å². The van der Waals surface area contributed by atoms with Gasteiger partial charge in [-0.2, -0.15) is 0 Å². The molecule has 1 N–H and O–H groups in total. The molecule has 0 atom stereocenters. The summed E-state index contributed by atoms with van der Waals surface area (Å²) in [6, 6.07) is 24.0. The topological polar surface area (TPSA) is 60.5 Å². The monoisotopic (exact) mass is 478 g/mol. The quantitative estimate of drug-likeness (QED) is 0.262. The third-order valence-electron chi connectivity index (χ3n) is 5.10. The van der Waals surface area contributed by atoms with Crippen LogP contribution in [0, 0.1) is 0 Å². The molecular formula is C27H21F3N2O3. The molecule has 0 unspecified atom stereocenters. The maximum atomic E-state index is 12.5. The van der Waals surface area contributed by atoms with Gasteiger partial charge in [-0.25, -0.2) is 4.98 Å². The van der Waals surface area contributed by atoms with E-state index in [0.717, 1.165) is 16.6 Å². The SMILES string of the molecule is CNC(=O)/C(=C/c1ccc(OC(F)(F)F)cc1)c1ccc(OCc2ccc3ccccc3n2)cc1. The minimum absolute atomic E-state index is 0.286. The van der Waals surface area contributed by atoms with Crippen LogP contribution in [0.3, 0.4) is 0 Å². The van der Waals surface area contributed by atoms with Crippen molar-refractivity contribution in [3.05, 3.63) is 102 Å². The van der Waals surface area contributed by atoms with Crippen molar-refractivity contribution in [1.29, 1.82) is 0 Å². The number of carbonyl (C=O) groups is 1. The number of pyridine rings is 1. The summed E-state index contributed by atoms with van der Waals surface area (Å²) < 4.78 is 46.8. The second kappa shape index (κ2) is 10.3. The molecule has 4 aromatic rings. The minimum atomic E-state index is -4.77. The summed E-state index contributed by atoms with van der Waals surface area (Å²) >= 11 is 0. The van der Waals surface area contributed by atoms with Crippen LogP contribution in [0.1, 0.15) is 16.8 Å². The van der Waals surface area contributed by atoms with E-state index in [9.17, 15) is 18.0 Å². The lowest BCUT2D eigenvalue weighted by molar-refractivity contribution is -0.274. The second-order valence-electron chi connectivity index (χ2n) is 7.56. The molecule has 5 nitrogen and oxygen atoms in total. The fourth-order valence-corrected chi connectivity index (χ4v) is 3.42. The minimum Gasteiger partial charge on any atom is -0.487 e. The summed E-state index contributed by atoms with van der Waals surface area (Å²) in [6.07, 6.45) is -3.18. The normalized spacial score (nSPS) is 11.8. The summed E-state index contributed by atoms with van der Waals surface area (Å²) in [6.45, 7) is 0.286. The van der Waals surface area contributed by atoms with E-state index in [1.165, 1.54) is 31.3 Å². The van der Waals surface area contributed by atoms with Gasteiger partial charge in [0.1, 0.15) is 18.1 Å². The van der Waals surface area contributed by atoms with Crippen LogP contribution < -0.4 is 14.8 Å². The van der Waals surface area contributed by atoms with Gasteiger partial charge in [-0.15, -0.1) is 13.2 Å². The van der Waals surface area contributed by atoms with Crippen molar-refractivity contribution in [3.8, 4) is 11.5 Å². The van der Waals surface area contributed by atoms with E-state index in [1.807, 2.05) is 36.4 Å². The number of benzene rings is 3. The molecule has 0 spiro atoms. The molecule has 0 fully saturated rings. The number of amides is 1. The lowest BCUT2D eigenvalue weighted by atomic mass is 10.0. The Morgan fingerprint density at radius 2 is 1.60 bits per heavy atom. The number of fused-ring (bicyclic) bond motifs is 1. The lowest BCUT2D eigenvalue weighted by Gasteiger charge is -2.11. The van der Waals surface area contributed by atoms with Crippen LogP contribution in [-0.4, -0.2) is 24.3 Å². The van der Waals surface area contributed by atoms with E-state index in [-0.39, 0.29) is 18.3 Å². The van der Waals surface area contributed by atoms with E-state index in [0.29, 0.717) is 22.4 Å². The number of halogens is 3. The number of ether oxygens (including phenoxy) is 2. The number of alkyl halides is 3. The number of para-hydroxylation sites is 1. The number of likely N-dealkylation sites (N-methyl/N-ethyl adjacent to an activating group) is 1. The maximum absolute atomic E-state index is 12.5. The van der Waals surface area contributed by atoms with Gasteiger partial charge in [-0.1, -0.05) is 48.5 Å². The molecule has 1 heterocycles. The van der Waals surface area contributed by atoms with Crippen molar-refractivity contribution < 1.29 is 27.4 Å². The summed E-state index contributed by atoms with van der Waals surface area (Å²) in [5.41, 5.74) is 3.19. The fourth-order valence-electron chi connectivity index (χ4n) is 3.42. The largest absolute Gasteiger partial charge is 0.573 e. The Kier molecular flexibility index (Phi) is 7.01. The highest BCUT2D eigenvalue weighted by atomic mass is 19.4. The average molecular weight is 478 g/mol. The lowest BCUT2D eigenvalue weighted by Crippen LogP contribution is -2.19. The van der Waals surface area contributed by atoms with Crippen molar-refractivity contribution in [1.82, 2.24) is 10.3 Å². The molecule has 0 radical (unpaired) electrons. The number of hydrogen-bond acceptors (Lipinski definition) is 4. The Bertz CT molecular complexity index is 1350. The van der Waals surface area contributed by atoms with E-state index >= 15 is 0 Å². The molecule has 3 aromatic carbocycles. The molecule has 0 aliphatic heterocycles. The van der Waals surface area contributed by atoms with Gasteiger partial charge >= 0.3 is 6.36 Å². The number of rotatable bonds is 7. The summed E-state index contributed by atoms with van der Waals surface area (Å²) in [5, 5.41) is 3.63. The molecule has 0 saturated carbocycles. The molecule has 178 valence electrons. The highest BCUT2D eigenvalue weighted by Gasteiger charge is 2.30. The zero-order chi connectivity index (χ0) is 24.8. The Morgan fingerprint density at radius 1 is 0.914 bits per heavy atom. The zero-order valence-electron chi connectivity index (χ0n) is 18.7. The molecule has 35 heavy (non-hydrogen) atoms. The van der Waals surface area contributed by atoms with E-state index < -0.39 is 6.36 Å². The summed E-state index contributed by atoms with van der Waals surface area (Å²) in [7, 11) is 1.50. The first kappa shape index (κ1) is 23.8. The number of nitrogens with zero attached hydrogens (tertiary/aromatic N) is 1. The summed E-state index contributed by atoms with van der Waals surface area (Å²) in [4.78, 5) is 17.1. The van der Waals surface area contributed by atoms with Crippen LogP contribution in [0.5, 0.6) is 11.5 Å². The van der Waals surface area contributed by atoms with Crippen molar-refractivity contribution in [2.45, 2.75) is 13.0 Å². The predicted octanol–water partition coefficient (Wildman–Crippen LogP) is 6.00.